The molecule has 1 aliphatic heterocycles. The Hall–Kier alpha value is -2.27. The van der Waals surface area contributed by atoms with E-state index in [2.05, 4.69) is 21.5 Å². The second-order valence-corrected chi connectivity index (χ2v) is 5.15. The van der Waals surface area contributed by atoms with Crippen LogP contribution in [-0.2, 0) is 9.47 Å². The maximum absolute atomic E-state index is 11.8. The van der Waals surface area contributed by atoms with Crippen molar-refractivity contribution in [1.29, 1.82) is 0 Å². The Balaban J connectivity index is 1.90. The van der Waals surface area contributed by atoms with Crippen molar-refractivity contribution in [3.05, 3.63) is 29.3 Å². The lowest BCUT2D eigenvalue weighted by Crippen LogP contribution is -2.33. The number of hydrogen-bond donors (Lipinski definition) is 4. The minimum atomic E-state index is -1.23. The summed E-state index contributed by atoms with van der Waals surface area (Å²) < 4.78 is 12.2. The number of rotatable bonds is 5. The molecule has 0 aliphatic carbocycles. The van der Waals surface area contributed by atoms with E-state index in [1.165, 1.54) is 10.9 Å². The molecular weight excluding hydrogens is 306 g/mol. The summed E-state index contributed by atoms with van der Waals surface area (Å²) in [5.74, 6) is -0.0804. The maximum atomic E-state index is 11.8. The van der Waals surface area contributed by atoms with Crippen LogP contribution in [-0.4, -0.2) is 61.3 Å². The Morgan fingerprint density at radius 2 is 2.30 bits per heavy atom. The summed E-state index contributed by atoms with van der Waals surface area (Å²) in [7, 11) is 0. The van der Waals surface area contributed by atoms with Gasteiger partial charge in [-0.2, -0.15) is 4.98 Å². The van der Waals surface area contributed by atoms with Gasteiger partial charge in [0.05, 0.1) is 19.5 Å². The smallest absolute Gasteiger partial charge is 0.280 e. The van der Waals surface area contributed by atoms with Gasteiger partial charge >= 0.3 is 0 Å². The van der Waals surface area contributed by atoms with E-state index in [0.29, 0.717) is 6.61 Å². The zero-order valence-corrected chi connectivity index (χ0v) is 12.1. The molecule has 0 saturated carbocycles. The number of nitrogens with one attached hydrogen (secondary N) is 1. The number of aliphatic hydroxyl groups excluding tert-OH is 2. The van der Waals surface area contributed by atoms with E-state index in [4.69, 9.17) is 15.2 Å². The van der Waals surface area contributed by atoms with Gasteiger partial charge in [-0.05, 0) is 0 Å². The number of anilines is 1. The summed E-state index contributed by atoms with van der Waals surface area (Å²) in [6.45, 7) is 3.91. The third-order valence-corrected chi connectivity index (χ3v) is 3.58. The number of nitrogens with zero attached hydrogens (tertiary/aromatic N) is 3. The highest BCUT2D eigenvalue weighted by Crippen LogP contribution is 2.31. The number of aromatic nitrogens is 4. The minimum absolute atomic E-state index is 0.0656. The fraction of sp³-hybridized carbons (Fsp3) is 0.462. The van der Waals surface area contributed by atoms with Crippen LogP contribution in [0.1, 0.15) is 6.23 Å². The lowest BCUT2D eigenvalue weighted by Gasteiger charge is -2.16. The molecule has 0 amide bonds. The van der Waals surface area contributed by atoms with Crippen LogP contribution >= 0.6 is 0 Å². The summed E-state index contributed by atoms with van der Waals surface area (Å²) >= 11 is 0. The van der Waals surface area contributed by atoms with Crippen LogP contribution in [0.2, 0.25) is 0 Å². The standard InChI is InChI=1S/C13H17N5O5/c1-2-3-22-4-6-8(19)9(20)12(23-6)18-5-15-7-10(18)16-13(14)17-11(7)21/h2,5-6,8-9,12,19-20H,1,3-4H2,(H3,14,16,17,21)/t6-,8-,9+,12-/m1/s1. The molecule has 0 aromatic carbocycles. The van der Waals surface area contributed by atoms with Gasteiger partial charge in [0.25, 0.3) is 5.56 Å². The van der Waals surface area contributed by atoms with Gasteiger partial charge in [-0.1, -0.05) is 6.08 Å². The molecule has 0 spiro atoms. The molecule has 4 atom stereocenters. The van der Waals surface area contributed by atoms with Crippen LogP contribution in [0, 0.1) is 0 Å². The van der Waals surface area contributed by atoms with Crippen LogP contribution in [0.15, 0.2) is 23.8 Å². The normalized spacial score (nSPS) is 27.6. The lowest BCUT2D eigenvalue weighted by atomic mass is 10.1. The van der Waals surface area contributed by atoms with E-state index in [1.807, 2.05) is 0 Å². The van der Waals surface area contributed by atoms with E-state index in [1.54, 1.807) is 6.08 Å². The maximum Gasteiger partial charge on any atom is 0.280 e. The highest BCUT2D eigenvalue weighted by Gasteiger charge is 2.44. The zero-order chi connectivity index (χ0) is 16.6. The third-order valence-electron chi connectivity index (χ3n) is 3.58. The largest absolute Gasteiger partial charge is 0.387 e. The molecule has 23 heavy (non-hydrogen) atoms. The molecule has 3 rings (SSSR count). The molecule has 0 unspecified atom stereocenters. The molecular formula is C13H17N5O5. The second-order valence-electron chi connectivity index (χ2n) is 5.15. The zero-order valence-electron chi connectivity index (χ0n) is 12.1. The molecule has 1 saturated heterocycles. The molecule has 10 heteroatoms. The first-order valence-electron chi connectivity index (χ1n) is 6.95. The Morgan fingerprint density at radius 1 is 1.52 bits per heavy atom. The lowest BCUT2D eigenvalue weighted by molar-refractivity contribution is -0.0620. The number of hydrogen-bond acceptors (Lipinski definition) is 8. The van der Waals surface area contributed by atoms with Crippen molar-refractivity contribution in [2.45, 2.75) is 24.5 Å². The molecule has 2 aromatic rings. The molecule has 3 heterocycles. The van der Waals surface area contributed by atoms with Crippen LogP contribution in [0.3, 0.4) is 0 Å². The summed E-state index contributed by atoms with van der Waals surface area (Å²) in [5, 5.41) is 20.3. The number of fused-ring (bicyclic) bond motifs is 1. The quantitative estimate of drug-likeness (QED) is 0.385. The van der Waals surface area contributed by atoms with Gasteiger partial charge in [0, 0.05) is 0 Å². The van der Waals surface area contributed by atoms with Crippen molar-refractivity contribution >= 4 is 17.1 Å². The summed E-state index contributed by atoms with van der Waals surface area (Å²) in [4.78, 5) is 22.1. The molecule has 2 aromatic heterocycles. The third kappa shape index (κ3) is 2.72. The fourth-order valence-electron chi connectivity index (χ4n) is 2.49. The number of ether oxygens (including phenoxy) is 2. The number of nitrogens with two attached hydrogens (primary N) is 1. The number of aromatic amines is 1. The Kier molecular flexibility index (Phi) is 4.13. The average molecular weight is 323 g/mol. The highest BCUT2D eigenvalue weighted by molar-refractivity contribution is 5.70. The second kappa shape index (κ2) is 6.08. The van der Waals surface area contributed by atoms with Crippen molar-refractivity contribution in [3.8, 4) is 0 Å². The van der Waals surface area contributed by atoms with Gasteiger partial charge in [-0.3, -0.25) is 14.3 Å². The SMILES string of the molecule is C=CCOC[C@H]1O[C@@H](n2cnc3c(=O)[nH]c(N)nc32)[C@@H](O)[C@@H]1O. The van der Waals surface area contributed by atoms with Crippen molar-refractivity contribution in [2.24, 2.45) is 0 Å². The van der Waals surface area contributed by atoms with Crippen LogP contribution in [0.4, 0.5) is 5.95 Å². The Morgan fingerprint density at radius 3 is 3.04 bits per heavy atom. The van der Waals surface area contributed by atoms with E-state index in [-0.39, 0.29) is 23.7 Å². The topological polar surface area (TPSA) is 149 Å². The molecule has 0 bridgehead atoms. The average Bonchev–Trinajstić information content (AvgIpc) is 3.04. The molecule has 0 radical (unpaired) electrons. The van der Waals surface area contributed by atoms with Crippen LogP contribution < -0.4 is 11.3 Å². The van der Waals surface area contributed by atoms with Crippen LogP contribution in [0.25, 0.3) is 11.2 Å². The first-order valence-corrected chi connectivity index (χ1v) is 6.95. The van der Waals surface area contributed by atoms with E-state index >= 15 is 0 Å². The monoisotopic (exact) mass is 323 g/mol. The number of aliphatic hydroxyl groups is 2. The minimum Gasteiger partial charge on any atom is -0.387 e. The van der Waals surface area contributed by atoms with E-state index in [0.717, 1.165) is 0 Å². The first-order chi connectivity index (χ1) is 11.0. The predicted molar refractivity (Wildman–Crippen MR) is 79.5 cm³/mol. The summed E-state index contributed by atoms with van der Waals surface area (Å²) in [6.07, 6.45) is -1.20. The molecule has 5 N–H and O–H groups in total. The summed E-state index contributed by atoms with van der Waals surface area (Å²) in [5.41, 5.74) is 5.26. The van der Waals surface area contributed by atoms with Crippen molar-refractivity contribution in [1.82, 2.24) is 19.5 Å². The number of nitrogen functional groups attached to an aromatic ring is 1. The molecule has 1 fully saturated rings. The van der Waals surface area contributed by atoms with Gasteiger partial charge in [0.2, 0.25) is 5.95 Å². The molecule has 124 valence electrons. The highest BCUT2D eigenvalue weighted by atomic mass is 16.6. The van der Waals surface area contributed by atoms with E-state index < -0.39 is 30.1 Å². The first kappa shape index (κ1) is 15.6. The van der Waals surface area contributed by atoms with Crippen molar-refractivity contribution in [2.75, 3.05) is 18.9 Å². The Labute approximate surface area is 130 Å². The molecule has 1 aliphatic rings. The van der Waals surface area contributed by atoms with Crippen molar-refractivity contribution in [3.63, 3.8) is 0 Å². The van der Waals surface area contributed by atoms with Gasteiger partial charge in [0.15, 0.2) is 17.4 Å². The predicted octanol–water partition coefficient (Wildman–Crippen LogP) is -1.48. The molecule has 10 nitrogen and oxygen atoms in total. The van der Waals surface area contributed by atoms with Gasteiger partial charge in [-0.25, -0.2) is 4.98 Å². The fourth-order valence-corrected chi connectivity index (χ4v) is 2.49. The number of H-pyrrole nitrogens is 1. The van der Waals surface area contributed by atoms with Gasteiger partial charge in [-0.15, -0.1) is 6.58 Å². The Bertz CT molecular complexity index is 772. The number of imidazole rings is 1. The van der Waals surface area contributed by atoms with Gasteiger partial charge < -0.3 is 25.4 Å². The van der Waals surface area contributed by atoms with Crippen LogP contribution in [0.5, 0.6) is 0 Å². The van der Waals surface area contributed by atoms with E-state index in [9.17, 15) is 15.0 Å². The van der Waals surface area contributed by atoms with Crippen molar-refractivity contribution < 1.29 is 19.7 Å². The summed E-state index contributed by atoms with van der Waals surface area (Å²) in [6, 6.07) is 0. The van der Waals surface area contributed by atoms with Gasteiger partial charge in [0.1, 0.15) is 18.3 Å².